The molecule has 0 aliphatic carbocycles. The van der Waals surface area contributed by atoms with Crippen LogP contribution < -0.4 is 4.90 Å². The molecule has 1 amide bonds. The topological polar surface area (TPSA) is 68.5 Å². The Kier molecular flexibility index (Phi) is 4.50. The van der Waals surface area contributed by atoms with Crippen LogP contribution in [0.5, 0.6) is 0 Å². The van der Waals surface area contributed by atoms with E-state index in [2.05, 4.69) is 24.2 Å². The lowest BCUT2D eigenvalue weighted by Gasteiger charge is -2.21. The fourth-order valence-electron chi connectivity index (χ4n) is 3.31. The SMILES string of the molecule is Cc1cc(C)c2nc(N(CC3CCCO3)C(=O)c3cc(C)no3)sc2c1. The van der Waals surface area contributed by atoms with Crippen LogP contribution in [0.25, 0.3) is 10.2 Å². The molecule has 4 rings (SSSR count). The molecule has 0 saturated carbocycles. The quantitative estimate of drug-likeness (QED) is 0.692. The number of rotatable bonds is 4. The van der Waals surface area contributed by atoms with Crippen molar-refractivity contribution in [1.29, 1.82) is 0 Å². The zero-order valence-electron chi connectivity index (χ0n) is 15.1. The molecule has 1 atom stereocenters. The summed E-state index contributed by atoms with van der Waals surface area (Å²) in [5.41, 5.74) is 3.92. The molecule has 0 radical (unpaired) electrons. The van der Waals surface area contributed by atoms with Crippen LogP contribution in [0.4, 0.5) is 5.13 Å². The highest BCUT2D eigenvalue weighted by Crippen LogP contribution is 2.33. The minimum absolute atomic E-state index is 0.0258. The van der Waals surface area contributed by atoms with Crippen molar-refractivity contribution in [3.05, 3.63) is 40.8 Å². The van der Waals surface area contributed by atoms with Crippen molar-refractivity contribution >= 4 is 32.6 Å². The third-order valence-electron chi connectivity index (χ3n) is 4.54. The number of benzene rings is 1. The first kappa shape index (κ1) is 17.2. The average Bonchev–Trinajstić information content (AvgIpc) is 3.32. The molecule has 0 bridgehead atoms. The van der Waals surface area contributed by atoms with Gasteiger partial charge in [0.2, 0.25) is 5.76 Å². The van der Waals surface area contributed by atoms with Gasteiger partial charge in [0.1, 0.15) is 0 Å². The summed E-state index contributed by atoms with van der Waals surface area (Å²) in [6.07, 6.45) is 1.99. The second-order valence-electron chi connectivity index (χ2n) is 6.81. The third kappa shape index (κ3) is 3.24. The standard InChI is InChI=1S/C19H21N3O3S/c1-11-7-12(2)17-16(8-11)26-19(20-17)22(10-14-5-4-6-24-14)18(23)15-9-13(3)21-25-15/h7-9,14H,4-6,10H2,1-3H3. The summed E-state index contributed by atoms with van der Waals surface area (Å²) in [6.45, 7) is 7.13. The molecule has 7 heteroatoms. The Balaban J connectivity index is 1.74. The van der Waals surface area contributed by atoms with Crippen LogP contribution in [0.1, 0.15) is 40.2 Å². The van der Waals surface area contributed by atoms with E-state index in [4.69, 9.17) is 14.2 Å². The Hall–Kier alpha value is -2.25. The van der Waals surface area contributed by atoms with Gasteiger partial charge in [-0.25, -0.2) is 4.98 Å². The van der Waals surface area contributed by atoms with Gasteiger partial charge in [0.05, 0.1) is 28.6 Å². The number of carbonyl (C=O) groups excluding carboxylic acids is 1. The molecule has 26 heavy (non-hydrogen) atoms. The molecule has 0 spiro atoms. The van der Waals surface area contributed by atoms with Crippen molar-refractivity contribution in [3.63, 3.8) is 0 Å². The van der Waals surface area contributed by atoms with Gasteiger partial charge in [0, 0.05) is 12.7 Å². The number of hydrogen-bond acceptors (Lipinski definition) is 6. The molecule has 1 aliphatic heterocycles. The van der Waals surface area contributed by atoms with Gasteiger partial charge in [-0.15, -0.1) is 0 Å². The van der Waals surface area contributed by atoms with E-state index in [1.807, 2.05) is 6.92 Å². The monoisotopic (exact) mass is 371 g/mol. The summed E-state index contributed by atoms with van der Waals surface area (Å²) in [4.78, 5) is 19.5. The number of aromatic nitrogens is 2. The highest BCUT2D eigenvalue weighted by Gasteiger charge is 2.29. The lowest BCUT2D eigenvalue weighted by molar-refractivity contribution is 0.0887. The molecule has 2 aromatic heterocycles. The summed E-state index contributed by atoms with van der Waals surface area (Å²) < 4.78 is 12.0. The Morgan fingerprint density at radius 2 is 2.15 bits per heavy atom. The van der Waals surface area contributed by atoms with Crippen molar-refractivity contribution in [2.24, 2.45) is 0 Å². The Labute approximate surface area is 155 Å². The van der Waals surface area contributed by atoms with Gasteiger partial charge in [0.25, 0.3) is 5.91 Å². The van der Waals surface area contributed by atoms with E-state index in [0.717, 1.165) is 35.2 Å². The summed E-state index contributed by atoms with van der Waals surface area (Å²) in [5, 5.41) is 4.51. The summed E-state index contributed by atoms with van der Waals surface area (Å²) in [7, 11) is 0. The number of fused-ring (bicyclic) bond motifs is 1. The Morgan fingerprint density at radius 3 is 2.85 bits per heavy atom. The van der Waals surface area contributed by atoms with Gasteiger partial charge < -0.3 is 9.26 Å². The predicted octanol–water partition coefficient (Wildman–Crippen LogP) is 4.04. The van der Waals surface area contributed by atoms with Crippen LogP contribution in [0.3, 0.4) is 0 Å². The first-order valence-corrected chi connectivity index (χ1v) is 9.57. The Bertz CT molecular complexity index is 956. The van der Waals surface area contributed by atoms with Crippen molar-refractivity contribution in [2.45, 2.75) is 39.7 Å². The molecule has 1 fully saturated rings. The van der Waals surface area contributed by atoms with E-state index in [0.29, 0.717) is 17.4 Å². The summed E-state index contributed by atoms with van der Waals surface area (Å²) in [6, 6.07) is 5.88. The molecular formula is C19H21N3O3S. The lowest BCUT2D eigenvalue weighted by atomic mass is 10.1. The van der Waals surface area contributed by atoms with E-state index in [9.17, 15) is 4.79 Å². The van der Waals surface area contributed by atoms with E-state index in [1.165, 1.54) is 16.9 Å². The maximum atomic E-state index is 13.1. The smallest absolute Gasteiger partial charge is 0.298 e. The highest BCUT2D eigenvalue weighted by atomic mass is 32.1. The zero-order chi connectivity index (χ0) is 18.3. The van der Waals surface area contributed by atoms with E-state index in [-0.39, 0.29) is 17.8 Å². The number of carbonyl (C=O) groups is 1. The van der Waals surface area contributed by atoms with Crippen LogP contribution in [-0.4, -0.2) is 35.3 Å². The molecule has 3 heterocycles. The number of hydrogen-bond donors (Lipinski definition) is 0. The van der Waals surface area contributed by atoms with Crippen molar-refractivity contribution in [2.75, 3.05) is 18.1 Å². The van der Waals surface area contributed by atoms with E-state index in [1.54, 1.807) is 17.9 Å². The number of ether oxygens (including phenoxy) is 1. The molecular weight excluding hydrogens is 350 g/mol. The van der Waals surface area contributed by atoms with Gasteiger partial charge in [-0.2, -0.15) is 0 Å². The first-order valence-electron chi connectivity index (χ1n) is 8.76. The predicted molar refractivity (Wildman–Crippen MR) is 101 cm³/mol. The number of aryl methyl sites for hydroxylation is 3. The second-order valence-corrected chi connectivity index (χ2v) is 7.82. The minimum Gasteiger partial charge on any atom is -0.376 e. The number of thiazole rings is 1. The third-order valence-corrected chi connectivity index (χ3v) is 5.57. The Morgan fingerprint density at radius 1 is 1.31 bits per heavy atom. The van der Waals surface area contributed by atoms with Gasteiger partial charge >= 0.3 is 0 Å². The first-order chi connectivity index (χ1) is 12.5. The number of nitrogens with zero attached hydrogens (tertiary/aromatic N) is 3. The summed E-state index contributed by atoms with van der Waals surface area (Å²) >= 11 is 1.52. The fraction of sp³-hybridized carbons (Fsp3) is 0.421. The molecule has 1 aromatic carbocycles. The maximum Gasteiger partial charge on any atom is 0.298 e. The number of amides is 1. The van der Waals surface area contributed by atoms with Gasteiger partial charge in [-0.1, -0.05) is 22.6 Å². The van der Waals surface area contributed by atoms with E-state index >= 15 is 0 Å². The normalized spacial score (nSPS) is 17.1. The average molecular weight is 371 g/mol. The van der Waals surface area contributed by atoms with Gasteiger partial charge in [0.15, 0.2) is 5.13 Å². The second kappa shape index (κ2) is 6.81. The zero-order valence-corrected chi connectivity index (χ0v) is 15.9. The molecule has 136 valence electrons. The summed E-state index contributed by atoms with van der Waals surface area (Å²) in [5.74, 6) is 0.00202. The fourth-order valence-corrected chi connectivity index (χ4v) is 4.46. The largest absolute Gasteiger partial charge is 0.376 e. The molecule has 1 saturated heterocycles. The minimum atomic E-state index is -0.227. The van der Waals surface area contributed by atoms with Crippen LogP contribution in [0.2, 0.25) is 0 Å². The molecule has 6 nitrogen and oxygen atoms in total. The molecule has 1 aliphatic rings. The number of anilines is 1. The molecule has 0 N–H and O–H groups in total. The van der Waals surface area contributed by atoms with Crippen molar-refractivity contribution in [1.82, 2.24) is 10.1 Å². The van der Waals surface area contributed by atoms with Gasteiger partial charge in [-0.3, -0.25) is 9.69 Å². The van der Waals surface area contributed by atoms with Crippen molar-refractivity contribution in [3.8, 4) is 0 Å². The maximum absolute atomic E-state index is 13.1. The van der Waals surface area contributed by atoms with Gasteiger partial charge in [-0.05, 0) is 50.8 Å². The molecule has 3 aromatic rings. The van der Waals surface area contributed by atoms with Crippen LogP contribution >= 0.6 is 11.3 Å². The van der Waals surface area contributed by atoms with Crippen LogP contribution in [-0.2, 0) is 4.74 Å². The van der Waals surface area contributed by atoms with Crippen LogP contribution in [0, 0.1) is 20.8 Å². The van der Waals surface area contributed by atoms with E-state index < -0.39 is 0 Å². The van der Waals surface area contributed by atoms with Crippen LogP contribution in [0.15, 0.2) is 22.7 Å². The lowest BCUT2D eigenvalue weighted by Crippen LogP contribution is -2.37. The molecule has 1 unspecified atom stereocenters. The van der Waals surface area contributed by atoms with Crippen molar-refractivity contribution < 1.29 is 14.1 Å². The highest BCUT2D eigenvalue weighted by molar-refractivity contribution is 7.22.